The molecule has 0 aliphatic carbocycles. The molecule has 0 bridgehead atoms. The fourth-order valence-corrected chi connectivity index (χ4v) is 1.28. The van der Waals surface area contributed by atoms with Crippen molar-refractivity contribution in [2.24, 2.45) is 0 Å². The Morgan fingerprint density at radius 3 is 2.94 bits per heavy atom. The number of anilines is 2. The van der Waals surface area contributed by atoms with Crippen molar-refractivity contribution >= 4 is 11.8 Å². The molecule has 17 heavy (non-hydrogen) atoms. The maximum Gasteiger partial charge on any atom is 0.224 e. The van der Waals surface area contributed by atoms with E-state index in [9.17, 15) is 4.39 Å². The van der Waals surface area contributed by atoms with Crippen molar-refractivity contribution in [1.82, 2.24) is 9.97 Å². The van der Waals surface area contributed by atoms with Crippen molar-refractivity contribution in [2.45, 2.75) is 13.3 Å². The van der Waals surface area contributed by atoms with Crippen LogP contribution in [-0.4, -0.2) is 43.8 Å². The van der Waals surface area contributed by atoms with Crippen LogP contribution in [-0.2, 0) is 4.74 Å². The Bertz CT molecular complexity index is 348. The molecule has 0 spiro atoms. The van der Waals surface area contributed by atoms with E-state index in [0.29, 0.717) is 19.1 Å². The van der Waals surface area contributed by atoms with Crippen molar-refractivity contribution < 1.29 is 9.13 Å². The topological polar surface area (TPSA) is 50.3 Å². The fourth-order valence-electron chi connectivity index (χ4n) is 1.28. The maximum absolute atomic E-state index is 13.5. The standard InChI is InChI=1S/C11H19FN4O/c1-4-5-13-11-14-8-9(12)10(15-11)16(2)6-7-17-3/h8H,4-7H2,1-3H3,(H,13,14,15). The van der Waals surface area contributed by atoms with Gasteiger partial charge in [-0.15, -0.1) is 0 Å². The summed E-state index contributed by atoms with van der Waals surface area (Å²) in [5.74, 6) is 0.314. The summed E-state index contributed by atoms with van der Waals surface area (Å²) in [4.78, 5) is 9.73. The maximum atomic E-state index is 13.5. The number of rotatable bonds is 7. The lowest BCUT2D eigenvalue weighted by molar-refractivity contribution is 0.206. The summed E-state index contributed by atoms with van der Waals surface area (Å²) in [7, 11) is 3.38. The summed E-state index contributed by atoms with van der Waals surface area (Å²) >= 11 is 0. The van der Waals surface area contributed by atoms with Crippen LogP contribution in [0.5, 0.6) is 0 Å². The van der Waals surface area contributed by atoms with Gasteiger partial charge in [-0.2, -0.15) is 4.98 Å². The Balaban J connectivity index is 2.74. The number of hydrogen-bond donors (Lipinski definition) is 1. The molecule has 5 nitrogen and oxygen atoms in total. The largest absolute Gasteiger partial charge is 0.383 e. The molecule has 0 atom stereocenters. The Morgan fingerprint density at radius 1 is 1.53 bits per heavy atom. The third-order valence-electron chi connectivity index (χ3n) is 2.25. The molecule has 0 unspecified atom stereocenters. The monoisotopic (exact) mass is 242 g/mol. The minimum atomic E-state index is -0.425. The molecular formula is C11H19FN4O. The average Bonchev–Trinajstić information content (AvgIpc) is 2.35. The van der Waals surface area contributed by atoms with Gasteiger partial charge < -0.3 is 15.0 Å². The first kappa shape index (κ1) is 13.6. The number of methoxy groups -OCH3 is 1. The number of likely N-dealkylation sites (N-methyl/N-ethyl adjacent to an activating group) is 1. The second-order valence-corrected chi connectivity index (χ2v) is 3.71. The van der Waals surface area contributed by atoms with Crippen molar-refractivity contribution in [2.75, 3.05) is 44.1 Å². The molecule has 0 aromatic carbocycles. The smallest absolute Gasteiger partial charge is 0.224 e. The fraction of sp³-hybridized carbons (Fsp3) is 0.636. The van der Waals surface area contributed by atoms with E-state index in [1.165, 1.54) is 6.20 Å². The summed E-state index contributed by atoms with van der Waals surface area (Å²) in [5.41, 5.74) is 0. The second kappa shape index (κ2) is 7.01. The summed E-state index contributed by atoms with van der Waals surface area (Å²) in [6, 6.07) is 0. The molecule has 6 heteroatoms. The summed E-state index contributed by atoms with van der Waals surface area (Å²) in [6.07, 6.45) is 2.15. The SMILES string of the molecule is CCCNc1ncc(F)c(N(C)CCOC)n1. The lowest BCUT2D eigenvalue weighted by atomic mass is 10.4. The van der Waals surface area contributed by atoms with E-state index in [1.807, 2.05) is 6.92 Å². The molecule has 96 valence electrons. The van der Waals surface area contributed by atoms with Crippen LogP contribution in [0.15, 0.2) is 6.20 Å². The molecule has 0 amide bonds. The molecule has 1 heterocycles. The number of hydrogen-bond acceptors (Lipinski definition) is 5. The minimum Gasteiger partial charge on any atom is -0.383 e. The van der Waals surface area contributed by atoms with Gasteiger partial charge in [0.1, 0.15) is 0 Å². The third kappa shape index (κ3) is 4.14. The van der Waals surface area contributed by atoms with E-state index in [4.69, 9.17) is 4.74 Å². The third-order valence-corrected chi connectivity index (χ3v) is 2.25. The van der Waals surface area contributed by atoms with E-state index in [-0.39, 0.29) is 5.82 Å². The molecular weight excluding hydrogens is 223 g/mol. The highest BCUT2D eigenvalue weighted by Crippen LogP contribution is 2.15. The molecule has 0 saturated heterocycles. The van der Waals surface area contributed by atoms with Gasteiger partial charge in [0.25, 0.3) is 0 Å². The van der Waals surface area contributed by atoms with E-state index in [0.717, 1.165) is 13.0 Å². The van der Waals surface area contributed by atoms with Crippen LogP contribution < -0.4 is 10.2 Å². The van der Waals surface area contributed by atoms with Gasteiger partial charge in [0.15, 0.2) is 11.6 Å². The number of halogens is 1. The van der Waals surface area contributed by atoms with Crippen molar-refractivity contribution in [3.05, 3.63) is 12.0 Å². The van der Waals surface area contributed by atoms with Crippen LogP contribution in [0.25, 0.3) is 0 Å². The van der Waals surface area contributed by atoms with Crippen LogP contribution in [0.4, 0.5) is 16.2 Å². The quantitative estimate of drug-likeness (QED) is 0.785. The first-order valence-electron chi connectivity index (χ1n) is 5.65. The van der Waals surface area contributed by atoms with Gasteiger partial charge in [-0.3, -0.25) is 0 Å². The highest BCUT2D eigenvalue weighted by molar-refractivity contribution is 5.43. The van der Waals surface area contributed by atoms with Crippen molar-refractivity contribution in [3.63, 3.8) is 0 Å². The first-order chi connectivity index (χ1) is 8.19. The van der Waals surface area contributed by atoms with E-state index in [1.54, 1.807) is 19.1 Å². The molecule has 0 fully saturated rings. The van der Waals surface area contributed by atoms with Crippen LogP contribution in [0, 0.1) is 5.82 Å². The highest BCUT2D eigenvalue weighted by atomic mass is 19.1. The number of nitrogens with one attached hydrogen (secondary N) is 1. The van der Waals surface area contributed by atoms with Crippen LogP contribution in [0.3, 0.4) is 0 Å². The highest BCUT2D eigenvalue weighted by Gasteiger charge is 2.11. The summed E-state index contributed by atoms with van der Waals surface area (Å²) < 4.78 is 18.5. The lowest BCUT2D eigenvalue weighted by Gasteiger charge is -2.18. The lowest BCUT2D eigenvalue weighted by Crippen LogP contribution is -2.24. The van der Waals surface area contributed by atoms with Crippen LogP contribution in [0.1, 0.15) is 13.3 Å². The zero-order valence-corrected chi connectivity index (χ0v) is 10.5. The molecule has 1 rings (SSSR count). The molecule has 0 aliphatic heterocycles. The van der Waals surface area contributed by atoms with Crippen LogP contribution >= 0.6 is 0 Å². The second-order valence-electron chi connectivity index (χ2n) is 3.71. The van der Waals surface area contributed by atoms with Gasteiger partial charge in [-0.25, -0.2) is 9.37 Å². The Kier molecular flexibility index (Phi) is 5.62. The molecule has 1 N–H and O–H groups in total. The van der Waals surface area contributed by atoms with Crippen molar-refractivity contribution in [3.8, 4) is 0 Å². The van der Waals surface area contributed by atoms with E-state index < -0.39 is 5.82 Å². The van der Waals surface area contributed by atoms with Gasteiger partial charge in [-0.1, -0.05) is 6.92 Å². The number of nitrogens with zero attached hydrogens (tertiary/aromatic N) is 3. The first-order valence-corrected chi connectivity index (χ1v) is 5.65. The predicted molar refractivity (Wildman–Crippen MR) is 65.9 cm³/mol. The average molecular weight is 242 g/mol. The molecule has 1 aromatic heterocycles. The molecule has 0 saturated carbocycles. The van der Waals surface area contributed by atoms with Crippen molar-refractivity contribution in [1.29, 1.82) is 0 Å². The normalized spacial score (nSPS) is 10.4. The number of aromatic nitrogens is 2. The Morgan fingerprint density at radius 2 is 2.29 bits per heavy atom. The zero-order chi connectivity index (χ0) is 12.7. The molecule has 0 radical (unpaired) electrons. The van der Waals surface area contributed by atoms with Gasteiger partial charge in [0.2, 0.25) is 5.95 Å². The van der Waals surface area contributed by atoms with Gasteiger partial charge >= 0.3 is 0 Å². The van der Waals surface area contributed by atoms with Gasteiger partial charge in [-0.05, 0) is 6.42 Å². The summed E-state index contributed by atoms with van der Waals surface area (Å²) in [5, 5.41) is 3.03. The zero-order valence-electron chi connectivity index (χ0n) is 10.5. The number of ether oxygens (including phenoxy) is 1. The molecule has 0 aliphatic rings. The van der Waals surface area contributed by atoms with Gasteiger partial charge in [0, 0.05) is 27.2 Å². The Hall–Kier alpha value is -1.43. The minimum absolute atomic E-state index is 0.288. The summed E-state index contributed by atoms with van der Waals surface area (Å²) in [6.45, 7) is 3.92. The predicted octanol–water partition coefficient (Wildman–Crippen LogP) is 1.52. The van der Waals surface area contributed by atoms with E-state index in [2.05, 4.69) is 15.3 Å². The van der Waals surface area contributed by atoms with E-state index >= 15 is 0 Å². The van der Waals surface area contributed by atoms with Crippen LogP contribution in [0.2, 0.25) is 0 Å². The Labute approximate surface area is 101 Å². The molecule has 1 aromatic rings. The van der Waals surface area contributed by atoms with Gasteiger partial charge in [0.05, 0.1) is 12.8 Å².